The highest BCUT2D eigenvalue weighted by Gasteiger charge is 2.27. The SMILES string of the molecule is c1cc(-c2nncn2C2CC2)nc(N2Cc3ccccc3C2)c1. The van der Waals surface area contributed by atoms with Gasteiger partial charge in [-0.1, -0.05) is 30.3 Å². The van der Waals surface area contributed by atoms with Gasteiger partial charge in [0.1, 0.15) is 17.8 Å². The zero-order valence-electron chi connectivity index (χ0n) is 12.8. The van der Waals surface area contributed by atoms with E-state index in [1.807, 2.05) is 12.4 Å². The molecular weight excluding hydrogens is 286 g/mol. The molecule has 1 fully saturated rings. The van der Waals surface area contributed by atoms with Crippen LogP contribution in [0.15, 0.2) is 48.8 Å². The van der Waals surface area contributed by atoms with Gasteiger partial charge in [0.25, 0.3) is 0 Å². The first-order chi connectivity index (χ1) is 11.4. The molecule has 5 rings (SSSR count). The molecule has 1 aromatic carbocycles. The van der Waals surface area contributed by atoms with Crippen molar-refractivity contribution in [1.82, 2.24) is 19.7 Å². The molecule has 0 unspecified atom stereocenters. The van der Waals surface area contributed by atoms with Crippen LogP contribution in [-0.2, 0) is 13.1 Å². The Balaban J connectivity index is 1.48. The van der Waals surface area contributed by atoms with Gasteiger partial charge in [0.2, 0.25) is 0 Å². The molecule has 3 heterocycles. The lowest BCUT2D eigenvalue weighted by Crippen LogP contribution is -2.16. The molecule has 5 nitrogen and oxygen atoms in total. The Hall–Kier alpha value is -2.69. The van der Waals surface area contributed by atoms with E-state index in [0.29, 0.717) is 6.04 Å². The van der Waals surface area contributed by atoms with E-state index in [-0.39, 0.29) is 0 Å². The molecule has 2 aliphatic rings. The Morgan fingerprint density at radius 2 is 1.70 bits per heavy atom. The lowest BCUT2D eigenvalue weighted by atomic mass is 10.1. The van der Waals surface area contributed by atoms with Gasteiger partial charge >= 0.3 is 0 Å². The minimum Gasteiger partial charge on any atom is -0.348 e. The maximum absolute atomic E-state index is 4.85. The molecule has 1 aliphatic heterocycles. The molecule has 0 saturated heterocycles. The monoisotopic (exact) mass is 303 g/mol. The fraction of sp³-hybridized carbons (Fsp3) is 0.278. The van der Waals surface area contributed by atoms with E-state index in [2.05, 4.69) is 56.1 Å². The van der Waals surface area contributed by atoms with Gasteiger partial charge in [-0.25, -0.2) is 4.98 Å². The summed E-state index contributed by atoms with van der Waals surface area (Å²) < 4.78 is 2.16. The van der Waals surface area contributed by atoms with E-state index in [4.69, 9.17) is 4.98 Å². The van der Waals surface area contributed by atoms with Crippen LogP contribution in [0.5, 0.6) is 0 Å². The zero-order chi connectivity index (χ0) is 15.2. The highest BCUT2D eigenvalue weighted by Crippen LogP contribution is 2.37. The first kappa shape index (κ1) is 12.8. The molecule has 0 spiro atoms. The maximum atomic E-state index is 4.85. The summed E-state index contributed by atoms with van der Waals surface area (Å²) in [5.41, 5.74) is 3.68. The maximum Gasteiger partial charge on any atom is 0.182 e. The second-order valence-electron chi connectivity index (χ2n) is 6.30. The van der Waals surface area contributed by atoms with Crippen molar-refractivity contribution in [2.45, 2.75) is 32.0 Å². The Morgan fingerprint density at radius 1 is 0.913 bits per heavy atom. The summed E-state index contributed by atoms with van der Waals surface area (Å²) in [6.07, 6.45) is 4.26. The molecule has 23 heavy (non-hydrogen) atoms. The third-order valence-corrected chi connectivity index (χ3v) is 4.64. The largest absolute Gasteiger partial charge is 0.348 e. The lowest BCUT2D eigenvalue weighted by Gasteiger charge is -2.17. The molecule has 0 atom stereocenters. The van der Waals surface area contributed by atoms with Gasteiger partial charge in [0.05, 0.1) is 0 Å². The molecule has 2 aromatic heterocycles. The fourth-order valence-corrected chi connectivity index (χ4v) is 3.26. The van der Waals surface area contributed by atoms with Crippen molar-refractivity contribution in [2.75, 3.05) is 4.90 Å². The van der Waals surface area contributed by atoms with Crippen LogP contribution in [0, 0.1) is 0 Å². The van der Waals surface area contributed by atoms with Crippen molar-refractivity contribution in [3.05, 3.63) is 59.9 Å². The summed E-state index contributed by atoms with van der Waals surface area (Å²) in [6.45, 7) is 1.84. The molecule has 0 bridgehead atoms. The quantitative estimate of drug-likeness (QED) is 0.745. The number of benzene rings is 1. The number of pyridine rings is 1. The van der Waals surface area contributed by atoms with Gasteiger partial charge in [0.15, 0.2) is 5.82 Å². The molecule has 1 saturated carbocycles. The normalized spacial score (nSPS) is 16.6. The van der Waals surface area contributed by atoms with Crippen LogP contribution >= 0.6 is 0 Å². The number of fused-ring (bicyclic) bond motifs is 1. The highest BCUT2D eigenvalue weighted by atomic mass is 15.3. The van der Waals surface area contributed by atoms with E-state index in [1.165, 1.54) is 24.0 Å². The van der Waals surface area contributed by atoms with Crippen molar-refractivity contribution in [3.8, 4) is 11.5 Å². The van der Waals surface area contributed by atoms with Crippen molar-refractivity contribution >= 4 is 5.82 Å². The highest BCUT2D eigenvalue weighted by molar-refractivity contribution is 5.56. The minimum atomic E-state index is 0.557. The average Bonchev–Trinajstić information content (AvgIpc) is 3.16. The fourth-order valence-electron chi connectivity index (χ4n) is 3.26. The lowest BCUT2D eigenvalue weighted by molar-refractivity contribution is 0.743. The predicted molar refractivity (Wildman–Crippen MR) is 87.9 cm³/mol. The van der Waals surface area contributed by atoms with Crippen LogP contribution in [0.3, 0.4) is 0 Å². The molecule has 3 aromatic rings. The Kier molecular flexibility index (Phi) is 2.74. The molecular formula is C18H17N5. The summed E-state index contributed by atoms with van der Waals surface area (Å²) >= 11 is 0. The van der Waals surface area contributed by atoms with E-state index in [1.54, 1.807) is 0 Å². The van der Waals surface area contributed by atoms with Crippen LogP contribution in [0.25, 0.3) is 11.5 Å². The van der Waals surface area contributed by atoms with Crippen molar-refractivity contribution in [1.29, 1.82) is 0 Å². The molecule has 0 radical (unpaired) electrons. The summed E-state index contributed by atoms with van der Waals surface area (Å²) in [5, 5.41) is 8.37. The van der Waals surface area contributed by atoms with E-state index >= 15 is 0 Å². The van der Waals surface area contributed by atoms with Crippen LogP contribution in [-0.4, -0.2) is 19.7 Å². The second kappa shape index (κ2) is 4.91. The smallest absolute Gasteiger partial charge is 0.182 e. The van der Waals surface area contributed by atoms with Gasteiger partial charge < -0.3 is 9.47 Å². The third-order valence-electron chi connectivity index (χ3n) is 4.64. The number of anilines is 1. The second-order valence-corrected chi connectivity index (χ2v) is 6.30. The average molecular weight is 303 g/mol. The summed E-state index contributed by atoms with van der Waals surface area (Å²) in [7, 11) is 0. The standard InChI is InChI=1S/C18H17N5/c1-2-5-14-11-22(10-13(14)4-1)17-7-3-6-16(20-17)18-21-19-12-23(18)15-8-9-15/h1-7,12,15H,8-11H2. The van der Waals surface area contributed by atoms with Gasteiger partial charge in [-0.15, -0.1) is 10.2 Å². The Labute approximate surface area is 134 Å². The molecule has 0 amide bonds. The Morgan fingerprint density at radius 3 is 2.43 bits per heavy atom. The molecule has 5 heteroatoms. The van der Waals surface area contributed by atoms with Gasteiger partial charge in [-0.05, 0) is 36.1 Å². The molecule has 0 N–H and O–H groups in total. The van der Waals surface area contributed by atoms with E-state index < -0.39 is 0 Å². The summed E-state index contributed by atoms with van der Waals surface area (Å²) in [4.78, 5) is 7.17. The molecule has 114 valence electrons. The van der Waals surface area contributed by atoms with Crippen molar-refractivity contribution in [2.24, 2.45) is 0 Å². The third kappa shape index (κ3) is 2.20. The number of hydrogen-bond acceptors (Lipinski definition) is 4. The number of aromatic nitrogens is 4. The van der Waals surface area contributed by atoms with Crippen molar-refractivity contribution in [3.63, 3.8) is 0 Å². The Bertz CT molecular complexity index is 840. The van der Waals surface area contributed by atoms with Crippen LogP contribution in [0.1, 0.15) is 30.0 Å². The van der Waals surface area contributed by atoms with Gasteiger partial charge in [-0.2, -0.15) is 0 Å². The minimum absolute atomic E-state index is 0.557. The van der Waals surface area contributed by atoms with E-state index in [9.17, 15) is 0 Å². The number of hydrogen-bond donors (Lipinski definition) is 0. The number of nitrogens with zero attached hydrogens (tertiary/aromatic N) is 5. The van der Waals surface area contributed by atoms with Gasteiger partial charge in [0, 0.05) is 19.1 Å². The first-order valence-corrected chi connectivity index (χ1v) is 8.07. The topological polar surface area (TPSA) is 46.8 Å². The van der Waals surface area contributed by atoms with Crippen LogP contribution < -0.4 is 4.90 Å². The predicted octanol–water partition coefficient (Wildman–Crippen LogP) is 3.20. The van der Waals surface area contributed by atoms with Gasteiger partial charge in [-0.3, -0.25) is 0 Å². The summed E-state index contributed by atoms with van der Waals surface area (Å²) in [6, 6.07) is 15.3. The van der Waals surface area contributed by atoms with Crippen molar-refractivity contribution < 1.29 is 0 Å². The number of rotatable bonds is 3. The van der Waals surface area contributed by atoms with E-state index in [0.717, 1.165) is 30.4 Å². The van der Waals surface area contributed by atoms with Crippen LogP contribution in [0.4, 0.5) is 5.82 Å². The zero-order valence-corrected chi connectivity index (χ0v) is 12.8. The first-order valence-electron chi connectivity index (χ1n) is 8.07. The van der Waals surface area contributed by atoms with Crippen LogP contribution in [0.2, 0.25) is 0 Å². The molecule has 1 aliphatic carbocycles. The summed E-state index contributed by atoms with van der Waals surface area (Å²) in [5.74, 6) is 1.88.